The van der Waals surface area contributed by atoms with Crippen LogP contribution in [0.2, 0.25) is 0 Å². The van der Waals surface area contributed by atoms with E-state index >= 15 is 0 Å². The van der Waals surface area contributed by atoms with Crippen LogP contribution in [0.25, 0.3) is 0 Å². The van der Waals surface area contributed by atoms with Crippen molar-refractivity contribution in [3.8, 4) is 5.75 Å². The van der Waals surface area contributed by atoms with Crippen LogP contribution >= 0.6 is 11.8 Å². The third kappa shape index (κ3) is 6.25. The number of halogens is 2. The summed E-state index contributed by atoms with van der Waals surface area (Å²) in [6.07, 6.45) is 0.292. The van der Waals surface area contributed by atoms with Gasteiger partial charge in [0.25, 0.3) is 5.56 Å². The van der Waals surface area contributed by atoms with E-state index in [0.29, 0.717) is 12.1 Å². The lowest BCUT2D eigenvalue weighted by Gasteiger charge is -2.09. The van der Waals surface area contributed by atoms with Crippen molar-refractivity contribution < 1.29 is 18.3 Å². The van der Waals surface area contributed by atoms with Gasteiger partial charge in [-0.15, -0.1) is 10.2 Å². The molecule has 162 valence electrons. The van der Waals surface area contributed by atoms with Gasteiger partial charge in [-0.3, -0.25) is 9.59 Å². The van der Waals surface area contributed by atoms with Gasteiger partial charge in [-0.25, -0.2) is 0 Å². The average molecular weight is 447 g/mol. The SMILES string of the molecule is Cc1ccc(Cc2nnc(SCC(=O)Nc3ccc(OC(F)F)cc3)n(N)c2=O)cc1. The Morgan fingerprint density at radius 1 is 1.16 bits per heavy atom. The van der Waals surface area contributed by atoms with E-state index in [2.05, 4.69) is 20.3 Å². The molecule has 0 fully saturated rings. The van der Waals surface area contributed by atoms with Crippen molar-refractivity contribution in [3.63, 3.8) is 0 Å². The number of carbonyl (C=O) groups is 1. The molecule has 0 bridgehead atoms. The van der Waals surface area contributed by atoms with Gasteiger partial charge in [0.05, 0.1) is 5.75 Å². The fourth-order valence-corrected chi connectivity index (χ4v) is 3.23. The first-order valence-corrected chi connectivity index (χ1v) is 10.1. The Kier molecular flexibility index (Phi) is 7.19. The fraction of sp³-hybridized carbons (Fsp3) is 0.200. The molecule has 3 rings (SSSR count). The Labute approximate surface area is 180 Å². The highest BCUT2D eigenvalue weighted by atomic mass is 32.2. The van der Waals surface area contributed by atoms with Crippen LogP contribution in [0.4, 0.5) is 14.5 Å². The highest BCUT2D eigenvalue weighted by Crippen LogP contribution is 2.18. The number of hydrogen-bond donors (Lipinski definition) is 2. The summed E-state index contributed by atoms with van der Waals surface area (Å²) < 4.78 is 29.4. The van der Waals surface area contributed by atoms with E-state index < -0.39 is 18.1 Å². The molecule has 31 heavy (non-hydrogen) atoms. The van der Waals surface area contributed by atoms with Gasteiger partial charge in [0.1, 0.15) is 11.4 Å². The van der Waals surface area contributed by atoms with Crippen molar-refractivity contribution in [2.75, 3.05) is 16.9 Å². The summed E-state index contributed by atoms with van der Waals surface area (Å²) in [5.41, 5.74) is 2.12. The number of nitrogens with two attached hydrogens (primary N) is 1. The van der Waals surface area contributed by atoms with Crippen molar-refractivity contribution in [2.45, 2.75) is 25.1 Å². The summed E-state index contributed by atoms with van der Waals surface area (Å²) in [5.74, 6) is 5.33. The maximum atomic E-state index is 12.5. The first-order valence-electron chi connectivity index (χ1n) is 9.08. The second-order valence-corrected chi connectivity index (χ2v) is 7.45. The van der Waals surface area contributed by atoms with E-state index in [9.17, 15) is 18.4 Å². The summed E-state index contributed by atoms with van der Waals surface area (Å²) >= 11 is 0.946. The molecule has 0 aliphatic carbocycles. The molecule has 0 radical (unpaired) electrons. The predicted molar refractivity (Wildman–Crippen MR) is 113 cm³/mol. The zero-order valence-electron chi connectivity index (χ0n) is 16.4. The predicted octanol–water partition coefficient (Wildman–Crippen LogP) is 2.58. The lowest BCUT2D eigenvalue weighted by atomic mass is 10.1. The van der Waals surface area contributed by atoms with Gasteiger partial charge in [-0.2, -0.15) is 13.5 Å². The smallest absolute Gasteiger partial charge is 0.387 e. The normalized spacial score (nSPS) is 10.8. The molecule has 3 N–H and O–H groups in total. The fourth-order valence-electron chi connectivity index (χ4n) is 2.58. The number of carbonyl (C=O) groups excluding carboxylic acids is 1. The van der Waals surface area contributed by atoms with Crippen LogP contribution < -0.4 is 21.5 Å². The molecule has 1 amide bonds. The van der Waals surface area contributed by atoms with Crippen molar-refractivity contribution in [3.05, 3.63) is 75.7 Å². The van der Waals surface area contributed by atoms with Gasteiger partial charge >= 0.3 is 6.61 Å². The minimum atomic E-state index is -2.92. The first kappa shape index (κ1) is 22.2. The number of alkyl halides is 2. The monoisotopic (exact) mass is 447 g/mol. The Hall–Kier alpha value is -3.47. The summed E-state index contributed by atoms with van der Waals surface area (Å²) in [4.78, 5) is 24.6. The largest absolute Gasteiger partial charge is 0.435 e. The Morgan fingerprint density at radius 3 is 2.48 bits per heavy atom. The minimum absolute atomic E-state index is 0.0180. The van der Waals surface area contributed by atoms with E-state index in [1.54, 1.807) is 0 Å². The van der Waals surface area contributed by atoms with Crippen LogP contribution in [0.1, 0.15) is 16.8 Å². The summed E-state index contributed by atoms with van der Waals surface area (Å²) in [6.45, 7) is -0.953. The first-order chi connectivity index (χ1) is 14.8. The van der Waals surface area contributed by atoms with Crippen LogP contribution in [-0.2, 0) is 11.2 Å². The number of thioether (sulfide) groups is 1. The molecule has 1 heterocycles. The molecule has 0 spiro atoms. The number of nitrogens with zero attached hydrogens (tertiary/aromatic N) is 3. The highest BCUT2D eigenvalue weighted by Gasteiger charge is 2.13. The van der Waals surface area contributed by atoms with Crippen molar-refractivity contribution in [1.82, 2.24) is 14.9 Å². The number of aromatic nitrogens is 3. The summed E-state index contributed by atoms with van der Waals surface area (Å²) in [7, 11) is 0. The number of amides is 1. The van der Waals surface area contributed by atoms with Gasteiger partial charge < -0.3 is 15.9 Å². The maximum Gasteiger partial charge on any atom is 0.387 e. The molecule has 0 aliphatic heterocycles. The van der Waals surface area contributed by atoms with E-state index in [1.807, 2.05) is 31.2 Å². The highest BCUT2D eigenvalue weighted by molar-refractivity contribution is 7.99. The third-order valence-corrected chi connectivity index (χ3v) is 5.06. The Bertz CT molecular complexity index is 1110. The number of benzene rings is 2. The molecule has 0 unspecified atom stereocenters. The third-order valence-electron chi connectivity index (χ3n) is 4.12. The maximum absolute atomic E-state index is 12.5. The molecule has 0 saturated carbocycles. The van der Waals surface area contributed by atoms with Crippen molar-refractivity contribution >= 4 is 23.4 Å². The molecular weight excluding hydrogens is 428 g/mol. The van der Waals surface area contributed by atoms with Crippen molar-refractivity contribution in [2.24, 2.45) is 0 Å². The molecule has 11 heteroatoms. The van der Waals surface area contributed by atoms with Crippen LogP contribution in [0.5, 0.6) is 5.75 Å². The Morgan fingerprint density at radius 2 is 1.84 bits per heavy atom. The van der Waals surface area contributed by atoms with Crippen LogP contribution in [0.3, 0.4) is 0 Å². The molecular formula is C20H19F2N5O3S. The van der Waals surface area contributed by atoms with Crippen molar-refractivity contribution in [1.29, 1.82) is 0 Å². The zero-order chi connectivity index (χ0) is 22.4. The molecule has 8 nitrogen and oxygen atoms in total. The van der Waals surface area contributed by atoms with Gasteiger partial charge in [-0.1, -0.05) is 41.6 Å². The number of hydrogen-bond acceptors (Lipinski definition) is 7. The molecule has 0 atom stereocenters. The number of rotatable bonds is 8. The Balaban J connectivity index is 1.58. The van der Waals surface area contributed by atoms with Crippen LogP contribution in [-0.4, -0.2) is 33.1 Å². The second-order valence-electron chi connectivity index (χ2n) is 6.51. The molecule has 0 saturated heterocycles. The number of ether oxygens (including phenoxy) is 1. The molecule has 0 aliphatic rings. The molecule has 1 aromatic heterocycles. The number of nitrogens with one attached hydrogen (secondary N) is 1. The van der Waals surface area contributed by atoms with Crippen LogP contribution in [0, 0.1) is 6.92 Å². The number of anilines is 1. The lowest BCUT2D eigenvalue weighted by molar-refractivity contribution is -0.113. The van der Waals surface area contributed by atoms with E-state index in [1.165, 1.54) is 24.3 Å². The zero-order valence-corrected chi connectivity index (χ0v) is 17.2. The van der Waals surface area contributed by atoms with E-state index in [0.717, 1.165) is 27.6 Å². The van der Waals surface area contributed by atoms with Gasteiger partial charge in [0, 0.05) is 12.1 Å². The average Bonchev–Trinajstić information content (AvgIpc) is 2.73. The minimum Gasteiger partial charge on any atom is -0.435 e. The number of aryl methyl sites for hydroxylation is 1. The van der Waals surface area contributed by atoms with E-state index in [-0.39, 0.29) is 22.4 Å². The quantitative estimate of drug-likeness (QED) is 0.403. The topological polar surface area (TPSA) is 112 Å². The summed E-state index contributed by atoms with van der Waals surface area (Å²) in [5, 5.41) is 10.6. The van der Waals surface area contributed by atoms with Gasteiger partial charge in [0.2, 0.25) is 11.1 Å². The van der Waals surface area contributed by atoms with E-state index in [4.69, 9.17) is 5.84 Å². The molecule has 3 aromatic rings. The summed E-state index contributed by atoms with van der Waals surface area (Å²) in [6, 6.07) is 13.2. The second kappa shape index (κ2) is 10.0. The number of nitrogen functional groups attached to an aromatic ring is 1. The van der Waals surface area contributed by atoms with Gasteiger partial charge in [-0.05, 0) is 36.8 Å². The lowest BCUT2D eigenvalue weighted by Crippen LogP contribution is -2.34. The molecule has 2 aromatic carbocycles. The standard InChI is InChI=1S/C20H19F2N5O3S/c1-12-2-4-13(5-3-12)10-16-18(29)27(23)20(26-25-16)31-11-17(28)24-14-6-8-15(9-7-14)30-19(21)22/h2-9,19H,10-11,23H2,1H3,(H,24,28). The van der Waals surface area contributed by atoms with Gasteiger partial charge in [0.15, 0.2) is 0 Å². The van der Waals surface area contributed by atoms with Crippen LogP contribution in [0.15, 0.2) is 58.5 Å².